The zero-order valence-electron chi connectivity index (χ0n) is 13.5. The molecule has 2 aliphatic rings. The van der Waals surface area contributed by atoms with Crippen LogP contribution < -0.4 is 10.7 Å². The molecule has 0 saturated carbocycles. The molecule has 1 unspecified atom stereocenters. The second-order valence-electron chi connectivity index (χ2n) is 6.64. The van der Waals surface area contributed by atoms with Crippen LogP contribution in [-0.4, -0.2) is 46.2 Å². The van der Waals surface area contributed by atoms with Gasteiger partial charge in [-0.05, 0) is 44.9 Å². The van der Waals surface area contributed by atoms with Crippen LogP contribution in [0.4, 0.5) is 0 Å². The van der Waals surface area contributed by atoms with Crippen LogP contribution in [0.2, 0.25) is 0 Å². The Bertz CT molecular complexity index is 808. The van der Waals surface area contributed by atoms with E-state index in [0.29, 0.717) is 23.0 Å². The molecular weight excluding hydrogens is 328 g/mol. The normalized spacial score (nSPS) is 26.1. The average Bonchev–Trinajstić information content (AvgIpc) is 2.77. The number of aromatic nitrogens is 2. The minimum absolute atomic E-state index is 0. The molecule has 2 N–H and O–H groups in total. The number of aromatic amines is 1. The van der Waals surface area contributed by atoms with Crippen LogP contribution in [0.25, 0.3) is 10.9 Å². The van der Waals surface area contributed by atoms with Crippen LogP contribution in [0.3, 0.4) is 0 Å². The number of halogens is 1. The van der Waals surface area contributed by atoms with E-state index >= 15 is 0 Å². The van der Waals surface area contributed by atoms with Gasteiger partial charge in [0, 0.05) is 23.5 Å². The summed E-state index contributed by atoms with van der Waals surface area (Å²) in [5.41, 5.74) is 0.286. The van der Waals surface area contributed by atoms with Crippen LogP contribution in [-0.2, 0) is 0 Å². The molecule has 128 valence electrons. The first-order chi connectivity index (χ1) is 11.1. The second-order valence-corrected chi connectivity index (χ2v) is 6.64. The van der Waals surface area contributed by atoms with Crippen molar-refractivity contribution < 1.29 is 4.79 Å². The third-order valence-corrected chi connectivity index (χ3v) is 5.32. The van der Waals surface area contributed by atoms with Gasteiger partial charge in [-0.25, -0.2) is 0 Å². The molecule has 6 nitrogen and oxygen atoms in total. The lowest BCUT2D eigenvalue weighted by Gasteiger charge is -2.36. The number of H-pyrrole nitrogens is 1. The summed E-state index contributed by atoms with van der Waals surface area (Å²) in [6.45, 7) is 0. The van der Waals surface area contributed by atoms with Crippen molar-refractivity contribution in [2.75, 3.05) is 7.05 Å². The van der Waals surface area contributed by atoms with Gasteiger partial charge in [-0.1, -0.05) is 12.1 Å². The molecule has 0 spiro atoms. The smallest absolute Gasteiger partial charge is 0.276 e. The molecule has 3 heterocycles. The van der Waals surface area contributed by atoms with Gasteiger partial charge >= 0.3 is 0 Å². The summed E-state index contributed by atoms with van der Waals surface area (Å²) >= 11 is 0. The van der Waals surface area contributed by atoms with Crippen molar-refractivity contribution in [2.45, 2.75) is 43.8 Å². The highest BCUT2D eigenvalue weighted by Crippen LogP contribution is 2.34. The quantitative estimate of drug-likeness (QED) is 0.866. The van der Waals surface area contributed by atoms with Gasteiger partial charge in [-0.15, -0.1) is 12.4 Å². The van der Waals surface area contributed by atoms with Crippen LogP contribution in [0, 0.1) is 0 Å². The summed E-state index contributed by atoms with van der Waals surface area (Å²) in [7, 11) is 2.16. The fourth-order valence-electron chi connectivity index (χ4n) is 4.01. The number of nitrogens with zero attached hydrogens (tertiary/aromatic N) is 2. The van der Waals surface area contributed by atoms with E-state index in [1.54, 1.807) is 18.2 Å². The molecular formula is C17H21ClN4O2. The SMILES string of the molecule is CN1[C@@H]2CC[C@H]1CC(NC(=O)c1n[nH]c3ccccc3c1=O)C2.Cl. The lowest BCUT2D eigenvalue weighted by molar-refractivity contribution is 0.0875. The number of hydrogen-bond donors (Lipinski definition) is 2. The Morgan fingerprint density at radius 1 is 1.25 bits per heavy atom. The summed E-state index contributed by atoms with van der Waals surface area (Å²) in [5, 5.41) is 10.3. The van der Waals surface area contributed by atoms with Gasteiger partial charge in [0.2, 0.25) is 5.43 Å². The molecule has 1 amide bonds. The van der Waals surface area contributed by atoms with E-state index in [4.69, 9.17) is 0 Å². The third kappa shape index (κ3) is 2.80. The highest BCUT2D eigenvalue weighted by Gasteiger charge is 2.39. The predicted octanol–water partition coefficient (Wildman–Crippen LogP) is 1.70. The number of carbonyl (C=O) groups excluding carboxylic acids is 1. The van der Waals surface area contributed by atoms with E-state index in [9.17, 15) is 9.59 Å². The van der Waals surface area contributed by atoms with Gasteiger partial charge in [0.15, 0.2) is 5.69 Å². The molecule has 0 radical (unpaired) electrons. The number of benzene rings is 1. The monoisotopic (exact) mass is 348 g/mol. The van der Waals surface area contributed by atoms with Gasteiger partial charge in [0.1, 0.15) is 0 Å². The van der Waals surface area contributed by atoms with Crippen molar-refractivity contribution >= 4 is 29.2 Å². The highest BCUT2D eigenvalue weighted by molar-refractivity contribution is 5.95. The van der Waals surface area contributed by atoms with Crippen molar-refractivity contribution in [3.63, 3.8) is 0 Å². The Balaban J connectivity index is 0.00000169. The van der Waals surface area contributed by atoms with E-state index in [2.05, 4.69) is 27.5 Å². The minimum Gasteiger partial charge on any atom is -0.348 e. The highest BCUT2D eigenvalue weighted by atomic mass is 35.5. The van der Waals surface area contributed by atoms with Gasteiger partial charge in [0.25, 0.3) is 5.91 Å². The summed E-state index contributed by atoms with van der Waals surface area (Å²) in [4.78, 5) is 27.4. The van der Waals surface area contributed by atoms with Crippen LogP contribution in [0.1, 0.15) is 36.2 Å². The second kappa shape index (κ2) is 6.53. The molecule has 2 aliphatic heterocycles. The standard InChI is InChI=1S/C17H20N4O2.ClH/c1-21-11-6-7-12(21)9-10(8-11)18-17(23)15-16(22)13-4-2-3-5-14(13)19-20-15;/h2-5,10-12H,6-9H2,1H3,(H,18,23)(H,19,22);1H/t10?,11-,12+;. The fourth-order valence-corrected chi connectivity index (χ4v) is 4.01. The molecule has 1 aromatic carbocycles. The largest absolute Gasteiger partial charge is 0.348 e. The fraction of sp³-hybridized carbons (Fsp3) is 0.471. The van der Waals surface area contributed by atoms with E-state index in [-0.39, 0.29) is 35.5 Å². The van der Waals surface area contributed by atoms with Crippen molar-refractivity contribution in [1.82, 2.24) is 20.4 Å². The first-order valence-electron chi connectivity index (χ1n) is 8.13. The maximum atomic E-state index is 12.5. The van der Waals surface area contributed by atoms with Crippen molar-refractivity contribution in [3.05, 3.63) is 40.2 Å². The Kier molecular flexibility index (Phi) is 4.60. The number of rotatable bonds is 2. The van der Waals surface area contributed by atoms with Gasteiger partial charge in [-0.3, -0.25) is 14.7 Å². The topological polar surface area (TPSA) is 78.1 Å². The zero-order chi connectivity index (χ0) is 16.0. The number of piperidine rings is 1. The molecule has 0 aliphatic carbocycles. The average molecular weight is 349 g/mol. The molecule has 1 aromatic heterocycles. The summed E-state index contributed by atoms with van der Waals surface area (Å²) in [6, 6.07) is 8.32. The van der Waals surface area contributed by atoms with E-state index < -0.39 is 0 Å². The molecule has 24 heavy (non-hydrogen) atoms. The lowest BCUT2D eigenvalue weighted by atomic mass is 9.98. The van der Waals surface area contributed by atoms with Crippen molar-refractivity contribution in [1.29, 1.82) is 0 Å². The number of nitrogens with one attached hydrogen (secondary N) is 2. The number of fused-ring (bicyclic) bond motifs is 3. The first kappa shape index (κ1) is 16.9. The molecule has 7 heteroatoms. The van der Waals surface area contributed by atoms with E-state index in [1.807, 2.05) is 6.07 Å². The predicted molar refractivity (Wildman–Crippen MR) is 94.7 cm³/mol. The molecule has 2 bridgehead atoms. The van der Waals surface area contributed by atoms with Crippen molar-refractivity contribution in [3.8, 4) is 0 Å². The Morgan fingerprint density at radius 2 is 1.92 bits per heavy atom. The molecule has 2 fully saturated rings. The molecule has 2 aromatic rings. The maximum Gasteiger partial charge on any atom is 0.276 e. The lowest BCUT2D eigenvalue weighted by Crippen LogP contribution is -2.49. The van der Waals surface area contributed by atoms with E-state index in [0.717, 1.165) is 12.8 Å². The molecule has 2 saturated heterocycles. The van der Waals surface area contributed by atoms with Crippen molar-refractivity contribution in [2.24, 2.45) is 0 Å². The maximum absolute atomic E-state index is 12.5. The van der Waals surface area contributed by atoms with Crippen LogP contribution >= 0.6 is 12.4 Å². The first-order valence-corrected chi connectivity index (χ1v) is 8.13. The van der Waals surface area contributed by atoms with Gasteiger partial charge in [-0.2, -0.15) is 5.10 Å². The van der Waals surface area contributed by atoms with E-state index in [1.165, 1.54) is 12.8 Å². The number of amides is 1. The van der Waals surface area contributed by atoms with Crippen LogP contribution in [0.5, 0.6) is 0 Å². The Morgan fingerprint density at radius 3 is 2.62 bits per heavy atom. The van der Waals surface area contributed by atoms with Gasteiger partial charge in [0.05, 0.1) is 5.52 Å². The Labute approximate surface area is 146 Å². The molecule has 4 rings (SSSR count). The number of carbonyl (C=O) groups is 1. The summed E-state index contributed by atoms with van der Waals surface area (Å²) in [6.07, 6.45) is 4.29. The van der Waals surface area contributed by atoms with Crippen LogP contribution in [0.15, 0.2) is 29.1 Å². The Hall–Kier alpha value is -1.92. The number of para-hydroxylation sites is 1. The van der Waals surface area contributed by atoms with Gasteiger partial charge < -0.3 is 10.2 Å². The number of hydrogen-bond acceptors (Lipinski definition) is 4. The summed E-state index contributed by atoms with van der Waals surface area (Å²) in [5.74, 6) is -0.369. The summed E-state index contributed by atoms with van der Waals surface area (Å²) < 4.78 is 0. The third-order valence-electron chi connectivity index (χ3n) is 5.32. The molecule has 3 atom stereocenters. The minimum atomic E-state index is -0.369. The zero-order valence-corrected chi connectivity index (χ0v) is 14.3.